The van der Waals surface area contributed by atoms with Crippen molar-refractivity contribution in [3.05, 3.63) is 58.4 Å². The Bertz CT molecular complexity index is 906. The van der Waals surface area contributed by atoms with Crippen LogP contribution in [0.3, 0.4) is 0 Å². The number of fused-ring (bicyclic) bond motifs is 1. The summed E-state index contributed by atoms with van der Waals surface area (Å²) in [5.74, 6) is -0.314. The van der Waals surface area contributed by atoms with E-state index in [0.717, 1.165) is 10.1 Å². The van der Waals surface area contributed by atoms with E-state index in [2.05, 4.69) is 10.1 Å². The molecule has 0 fully saturated rings. The highest BCUT2D eigenvalue weighted by molar-refractivity contribution is 7.21. The number of hydrogen-bond acceptors (Lipinski definition) is 3. The molecule has 25 heavy (non-hydrogen) atoms. The topological polar surface area (TPSA) is 38.3 Å². The fourth-order valence-electron chi connectivity index (χ4n) is 2.15. The van der Waals surface area contributed by atoms with Crippen molar-refractivity contribution in [2.75, 3.05) is 11.9 Å². The van der Waals surface area contributed by atoms with Crippen molar-refractivity contribution in [1.29, 1.82) is 0 Å². The Morgan fingerprint density at radius 1 is 1.12 bits per heavy atom. The summed E-state index contributed by atoms with van der Waals surface area (Å²) in [5, 5.41) is 3.85. The lowest BCUT2D eigenvalue weighted by molar-refractivity contribution is -0.153. The van der Waals surface area contributed by atoms with E-state index in [-0.39, 0.29) is 11.7 Å². The van der Waals surface area contributed by atoms with Crippen molar-refractivity contribution in [1.82, 2.24) is 0 Å². The fraction of sp³-hybridized carbons (Fsp3) is 0.118. The molecule has 0 saturated heterocycles. The van der Waals surface area contributed by atoms with Crippen LogP contribution in [0.4, 0.5) is 18.9 Å². The zero-order valence-electron chi connectivity index (χ0n) is 12.6. The van der Waals surface area contributed by atoms with E-state index in [1.807, 2.05) is 24.3 Å². The monoisotopic (exact) mass is 385 g/mol. The number of halogens is 4. The number of benzene rings is 2. The Balaban J connectivity index is 1.71. The molecule has 8 heteroatoms. The molecule has 0 bridgehead atoms. The largest absolute Gasteiger partial charge is 0.484 e. The molecule has 0 unspecified atom stereocenters. The van der Waals surface area contributed by atoms with E-state index in [1.54, 1.807) is 0 Å². The van der Waals surface area contributed by atoms with E-state index < -0.39 is 12.8 Å². The van der Waals surface area contributed by atoms with Gasteiger partial charge in [-0.25, -0.2) is 0 Å². The van der Waals surface area contributed by atoms with Crippen molar-refractivity contribution < 1.29 is 22.7 Å². The minimum atomic E-state index is -4.40. The average molecular weight is 386 g/mol. The number of alkyl halides is 3. The molecule has 130 valence electrons. The Morgan fingerprint density at radius 2 is 1.80 bits per heavy atom. The molecule has 0 aliphatic carbocycles. The van der Waals surface area contributed by atoms with Gasteiger partial charge >= 0.3 is 6.18 Å². The van der Waals surface area contributed by atoms with Crippen molar-refractivity contribution >= 4 is 44.6 Å². The number of ether oxygens (including phenoxy) is 1. The number of nitrogens with one attached hydrogen (secondary N) is 1. The minimum absolute atomic E-state index is 0.0650. The van der Waals surface area contributed by atoms with Crippen LogP contribution in [0, 0.1) is 0 Å². The molecule has 1 heterocycles. The fourth-order valence-corrected chi connectivity index (χ4v) is 3.56. The highest BCUT2D eigenvalue weighted by Crippen LogP contribution is 2.35. The lowest BCUT2D eigenvalue weighted by Crippen LogP contribution is -2.19. The zero-order valence-corrected chi connectivity index (χ0v) is 14.1. The second kappa shape index (κ2) is 6.93. The number of rotatable bonds is 4. The molecule has 0 aliphatic heterocycles. The molecule has 0 saturated carbocycles. The summed E-state index contributed by atoms with van der Waals surface area (Å²) >= 11 is 7.52. The summed E-state index contributed by atoms with van der Waals surface area (Å²) in [7, 11) is 0. The van der Waals surface area contributed by atoms with Gasteiger partial charge in [0.15, 0.2) is 6.61 Å². The molecule has 1 N–H and O–H groups in total. The van der Waals surface area contributed by atoms with Gasteiger partial charge in [0.2, 0.25) is 0 Å². The lowest BCUT2D eigenvalue weighted by atomic mass is 10.2. The highest BCUT2D eigenvalue weighted by atomic mass is 35.5. The summed E-state index contributed by atoms with van der Waals surface area (Å²) in [5.41, 5.74) is 0.429. The zero-order chi connectivity index (χ0) is 18.0. The summed E-state index contributed by atoms with van der Waals surface area (Å²) in [4.78, 5) is 12.8. The molecule has 0 radical (unpaired) electrons. The second-order valence-corrected chi connectivity index (χ2v) is 6.55. The normalized spacial score (nSPS) is 11.5. The number of amides is 1. The quantitative estimate of drug-likeness (QED) is 0.621. The molecule has 3 rings (SSSR count). The first kappa shape index (κ1) is 17.6. The smallest absolute Gasteiger partial charge is 0.422 e. The van der Waals surface area contributed by atoms with Crippen LogP contribution in [0.5, 0.6) is 5.75 Å². The Morgan fingerprint density at radius 3 is 2.44 bits per heavy atom. The first-order valence-electron chi connectivity index (χ1n) is 7.11. The van der Waals surface area contributed by atoms with E-state index >= 15 is 0 Å². The van der Waals surface area contributed by atoms with E-state index in [0.29, 0.717) is 15.6 Å². The predicted octanol–water partition coefficient (Wildman–Crippen LogP) is 5.75. The van der Waals surface area contributed by atoms with Gasteiger partial charge < -0.3 is 10.1 Å². The number of anilines is 1. The van der Waals surface area contributed by atoms with Gasteiger partial charge in [0.25, 0.3) is 5.91 Å². The van der Waals surface area contributed by atoms with Gasteiger partial charge in [-0.2, -0.15) is 13.2 Å². The van der Waals surface area contributed by atoms with Gasteiger partial charge in [-0.3, -0.25) is 4.79 Å². The third kappa shape index (κ3) is 4.24. The Hall–Kier alpha value is -2.25. The minimum Gasteiger partial charge on any atom is -0.484 e. The van der Waals surface area contributed by atoms with Gasteiger partial charge in [-0.05, 0) is 30.3 Å². The third-order valence-electron chi connectivity index (χ3n) is 3.26. The summed E-state index contributed by atoms with van der Waals surface area (Å²) in [6.07, 6.45) is -4.40. The molecular formula is C17H11ClF3NO2S. The molecule has 2 aromatic carbocycles. The lowest BCUT2D eigenvalue weighted by Gasteiger charge is -2.10. The van der Waals surface area contributed by atoms with Gasteiger partial charge in [-0.15, -0.1) is 11.3 Å². The van der Waals surface area contributed by atoms with E-state index in [4.69, 9.17) is 11.6 Å². The van der Waals surface area contributed by atoms with Crippen molar-refractivity contribution in [3.8, 4) is 5.75 Å². The van der Waals surface area contributed by atoms with Crippen LogP contribution < -0.4 is 10.1 Å². The van der Waals surface area contributed by atoms with Crippen LogP contribution in [0.25, 0.3) is 10.1 Å². The summed E-state index contributed by atoms with van der Waals surface area (Å²) in [6.45, 7) is -1.36. The number of hydrogen-bond donors (Lipinski definition) is 1. The van der Waals surface area contributed by atoms with Gasteiger partial charge in [-0.1, -0.05) is 29.8 Å². The Labute approximate surface area is 150 Å². The van der Waals surface area contributed by atoms with Crippen LogP contribution in [-0.2, 0) is 0 Å². The molecule has 0 aliphatic rings. The standard InChI is InChI=1S/C17H11ClF3NO2S/c18-14-12-3-1-2-4-13(12)25-15(14)16(23)22-10-5-7-11(8-6-10)24-9-17(19,20)21/h1-8H,9H2,(H,22,23). The van der Waals surface area contributed by atoms with Crippen LogP contribution >= 0.6 is 22.9 Å². The summed E-state index contributed by atoms with van der Waals surface area (Å²) < 4.78 is 41.9. The van der Waals surface area contributed by atoms with Crippen LogP contribution in [0.2, 0.25) is 5.02 Å². The predicted molar refractivity (Wildman–Crippen MR) is 92.8 cm³/mol. The van der Waals surface area contributed by atoms with Crippen molar-refractivity contribution in [2.45, 2.75) is 6.18 Å². The van der Waals surface area contributed by atoms with Crippen molar-refractivity contribution in [2.24, 2.45) is 0 Å². The Kier molecular flexibility index (Phi) is 4.87. The number of thiophene rings is 1. The molecule has 3 nitrogen and oxygen atoms in total. The molecular weight excluding hydrogens is 375 g/mol. The maximum Gasteiger partial charge on any atom is 0.422 e. The second-order valence-electron chi connectivity index (χ2n) is 5.12. The maximum atomic E-state index is 12.4. The number of carbonyl (C=O) groups is 1. The molecule has 1 aromatic heterocycles. The van der Waals surface area contributed by atoms with Crippen LogP contribution in [-0.4, -0.2) is 18.7 Å². The molecule has 0 atom stereocenters. The first-order valence-corrected chi connectivity index (χ1v) is 8.31. The van der Waals surface area contributed by atoms with E-state index in [1.165, 1.54) is 35.6 Å². The maximum absolute atomic E-state index is 12.4. The molecule has 3 aromatic rings. The first-order chi connectivity index (χ1) is 11.8. The van der Waals surface area contributed by atoms with Crippen LogP contribution in [0.15, 0.2) is 48.5 Å². The number of carbonyl (C=O) groups excluding carboxylic acids is 1. The molecule has 1 amide bonds. The highest BCUT2D eigenvalue weighted by Gasteiger charge is 2.28. The van der Waals surface area contributed by atoms with Gasteiger partial charge in [0.05, 0.1) is 5.02 Å². The SMILES string of the molecule is O=C(Nc1ccc(OCC(F)(F)F)cc1)c1sc2ccccc2c1Cl. The van der Waals surface area contributed by atoms with Crippen LogP contribution in [0.1, 0.15) is 9.67 Å². The average Bonchev–Trinajstić information content (AvgIpc) is 2.91. The van der Waals surface area contributed by atoms with Crippen molar-refractivity contribution in [3.63, 3.8) is 0 Å². The van der Waals surface area contributed by atoms with Gasteiger partial charge in [0, 0.05) is 15.8 Å². The third-order valence-corrected chi connectivity index (χ3v) is 4.93. The summed E-state index contributed by atoms with van der Waals surface area (Å²) in [6, 6.07) is 13.0. The van der Waals surface area contributed by atoms with E-state index in [9.17, 15) is 18.0 Å². The molecule has 0 spiro atoms. The van der Waals surface area contributed by atoms with Gasteiger partial charge in [0.1, 0.15) is 10.6 Å².